The van der Waals surface area contributed by atoms with Crippen LogP contribution in [0.5, 0.6) is 0 Å². The number of oxime groups is 1. The Kier molecular flexibility index (Phi) is 3.37. The number of hydrogen-bond acceptors (Lipinski definition) is 4. The fraction of sp³-hybridized carbons (Fsp3) is 0.667. The van der Waals surface area contributed by atoms with E-state index in [9.17, 15) is 0 Å². The van der Waals surface area contributed by atoms with E-state index >= 15 is 0 Å². The topological polar surface area (TPSA) is 43.2 Å². The number of hydrogen-bond donors (Lipinski definition) is 0. The Balaban J connectivity index is 0.0000001000. The van der Waals surface area contributed by atoms with Crippen molar-refractivity contribution in [3.05, 3.63) is 0 Å². The van der Waals surface area contributed by atoms with Gasteiger partial charge in [-0.25, -0.2) is 0 Å². The zero-order chi connectivity index (χ0) is 7.07. The molecule has 2 rings (SSSR count). The maximum Gasteiger partial charge on any atom is 0.169 e. The van der Waals surface area contributed by atoms with Crippen molar-refractivity contribution in [3.8, 4) is 0 Å². The molecule has 4 heteroatoms. The van der Waals surface area contributed by atoms with Gasteiger partial charge in [-0.05, 0) is 0 Å². The summed E-state index contributed by atoms with van der Waals surface area (Å²) in [4.78, 5) is 8.25. The Labute approximate surface area is 59.5 Å². The second-order valence-corrected chi connectivity index (χ2v) is 1.79. The quantitative estimate of drug-likeness (QED) is 0.492. The van der Waals surface area contributed by atoms with Crippen LogP contribution in [0.15, 0.2) is 10.1 Å². The average Bonchev–Trinajstić information content (AvgIpc) is 2.67. The van der Waals surface area contributed by atoms with Gasteiger partial charge in [-0.3, -0.25) is 4.99 Å². The molecule has 0 amide bonds. The van der Waals surface area contributed by atoms with Gasteiger partial charge in [0.2, 0.25) is 0 Å². The van der Waals surface area contributed by atoms with Gasteiger partial charge in [-0.2, -0.15) is 0 Å². The zero-order valence-corrected chi connectivity index (χ0v) is 5.69. The van der Waals surface area contributed by atoms with Gasteiger partial charge < -0.3 is 9.57 Å². The first-order valence-electron chi connectivity index (χ1n) is 3.24. The highest BCUT2D eigenvalue weighted by Crippen LogP contribution is 1.86. The Hall–Kier alpha value is -1.06. The smallest absolute Gasteiger partial charge is 0.169 e. The zero-order valence-electron chi connectivity index (χ0n) is 5.69. The summed E-state index contributed by atoms with van der Waals surface area (Å²) in [6.45, 7) is 2.40. The van der Waals surface area contributed by atoms with Gasteiger partial charge in [0.25, 0.3) is 0 Å². The first-order valence-corrected chi connectivity index (χ1v) is 3.24. The number of aliphatic imine (C=N–C) groups is 1. The van der Waals surface area contributed by atoms with Crippen molar-refractivity contribution in [1.82, 2.24) is 0 Å². The Bertz CT molecular complexity index is 106. The molecule has 0 aliphatic carbocycles. The van der Waals surface area contributed by atoms with Crippen LogP contribution in [-0.2, 0) is 9.57 Å². The average molecular weight is 142 g/mol. The van der Waals surface area contributed by atoms with Crippen molar-refractivity contribution in [2.24, 2.45) is 10.1 Å². The minimum atomic E-state index is 0.778. The molecule has 4 nitrogen and oxygen atoms in total. The lowest BCUT2D eigenvalue weighted by Crippen LogP contribution is -1.80. The monoisotopic (exact) mass is 142 g/mol. The van der Waals surface area contributed by atoms with E-state index in [2.05, 4.69) is 19.7 Å². The molecular weight excluding hydrogens is 132 g/mol. The largest absolute Gasteiger partial charge is 0.482 e. The summed E-state index contributed by atoms with van der Waals surface area (Å²) in [5.74, 6) is 0. The lowest BCUT2D eigenvalue weighted by Gasteiger charge is -1.76. The molecule has 0 saturated heterocycles. The van der Waals surface area contributed by atoms with Crippen LogP contribution in [0.25, 0.3) is 0 Å². The lowest BCUT2D eigenvalue weighted by atomic mass is 10.5. The number of rotatable bonds is 0. The predicted octanol–water partition coefficient (Wildman–Crippen LogP) is 0.437. The van der Waals surface area contributed by atoms with Crippen LogP contribution in [0.2, 0.25) is 0 Å². The molecular formula is C6H10N2O2. The maximum atomic E-state index is 4.65. The van der Waals surface area contributed by atoms with Crippen LogP contribution in [0.4, 0.5) is 0 Å². The highest BCUT2D eigenvalue weighted by atomic mass is 16.6. The van der Waals surface area contributed by atoms with Gasteiger partial charge in [0, 0.05) is 12.6 Å². The van der Waals surface area contributed by atoms with E-state index < -0.39 is 0 Å². The van der Waals surface area contributed by atoms with Gasteiger partial charge in [-0.1, -0.05) is 5.16 Å². The van der Waals surface area contributed by atoms with Crippen molar-refractivity contribution >= 4 is 12.6 Å². The molecule has 0 aromatic rings. The van der Waals surface area contributed by atoms with E-state index in [4.69, 9.17) is 0 Å². The summed E-state index contributed by atoms with van der Waals surface area (Å²) >= 11 is 0. The third kappa shape index (κ3) is 3.06. The normalized spacial score (nSPS) is 19.2. The van der Waals surface area contributed by atoms with E-state index in [1.807, 2.05) is 0 Å². The highest BCUT2D eigenvalue weighted by Gasteiger charge is 1.86. The molecule has 2 aliphatic rings. The van der Waals surface area contributed by atoms with Gasteiger partial charge in [-0.15, -0.1) is 0 Å². The minimum absolute atomic E-state index is 0.778. The highest BCUT2D eigenvalue weighted by molar-refractivity contribution is 5.57. The summed E-state index contributed by atoms with van der Waals surface area (Å²) < 4.78 is 4.65. The van der Waals surface area contributed by atoms with Crippen molar-refractivity contribution in [3.63, 3.8) is 0 Å². The van der Waals surface area contributed by atoms with E-state index in [1.165, 1.54) is 6.40 Å². The third-order valence-electron chi connectivity index (χ3n) is 0.975. The molecule has 10 heavy (non-hydrogen) atoms. The SMILES string of the molecule is C1=NCCO1.C1=NOCC1. The molecule has 0 spiro atoms. The van der Waals surface area contributed by atoms with Crippen LogP contribution >= 0.6 is 0 Å². The summed E-state index contributed by atoms with van der Waals surface area (Å²) in [6.07, 6.45) is 4.24. The summed E-state index contributed by atoms with van der Waals surface area (Å²) in [7, 11) is 0. The first kappa shape index (κ1) is 7.05. The summed E-state index contributed by atoms with van der Waals surface area (Å²) in [5.41, 5.74) is 0. The summed E-state index contributed by atoms with van der Waals surface area (Å²) in [6, 6.07) is 0. The van der Waals surface area contributed by atoms with Crippen molar-refractivity contribution < 1.29 is 9.57 Å². The van der Waals surface area contributed by atoms with Crippen LogP contribution in [-0.4, -0.2) is 32.4 Å². The van der Waals surface area contributed by atoms with Crippen LogP contribution in [0.3, 0.4) is 0 Å². The van der Waals surface area contributed by atoms with E-state index in [0.717, 1.165) is 26.2 Å². The second-order valence-electron chi connectivity index (χ2n) is 1.79. The van der Waals surface area contributed by atoms with Crippen LogP contribution in [0, 0.1) is 0 Å². The number of ether oxygens (including phenoxy) is 1. The molecule has 0 radical (unpaired) electrons. The van der Waals surface area contributed by atoms with Crippen LogP contribution in [0.1, 0.15) is 6.42 Å². The molecule has 0 bridgehead atoms. The Morgan fingerprint density at radius 2 is 2.30 bits per heavy atom. The van der Waals surface area contributed by atoms with Gasteiger partial charge >= 0.3 is 0 Å². The summed E-state index contributed by atoms with van der Waals surface area (Å²) in [5, 5.41) is 3.46. The fourth-order valence-electron chi connectivity index (χ4n) is 0.527. The molecule has 0 atom stereocenters. The lowest BCUT2D eigenvalue weighted by molar-refractivity contribution is 0.174. The van der Waals surface area contributed by atoms with Gasteiger partial charge in [0.05, 0.1) is 6.54 Å². The third-order valence-corrected chi connectivity index (χ3v) is 0.975. The van der Waals surface area contributed by atoms with Crippen molar-refractivity contribution in [2.75, 3.05) is 19.8 Å². The number of nitrogens with zero attached hydrogens (tertiary/aromatic N) is 2. The Morgan fingerprint density at radius 3 is 2.50 bits per heavy atom. The minimum Gasteiger partial charge on any atom is -0.482 e. The van der Waals surface area contributed by atoms with Crippen molar-refractivity contribution in [2.45, 2.75) is 6.42 Å². The van der Waals surface area contributed by atoms with E-state index in [-0.39, 0.29) is 0 Å². The molecule has 2 heterocycles. The van der Waals surface area contributed by atoms with E-state index in [0.29, 0.717) is 0 Å². The molecule has 0 N–H and O–H groups in total. The molecule has 0 aromatic heterocycles. The molecule has 0 fully saturated rings. The Morgan fingerprint density at radius 1 is 1.30 bits per heavy atom. The molecule has 0 saturated carbocycles. The maximum absolute atomic E-state index is 4.65. The van der Waals surface area contributed by atoms with Gasteiger partial charge in [0.15, 0.2) is 6.40 Å². The fourth-order valence-corrected chi connectivity index (χ4v) is 0.527. The van der Waals surface area contributed by atoms with Crippen LogP contribution < -0.4 is 0 Å². The standard InChI is InChI=1S/2C3H5NO/c1-2-5-3-4-1;1-2-4-5-3-1/h3H,1-2H2;2H,1,3H2. The van der Waals surface area contributed by atoms with Gasteiger partial charge in [0.1, 0.15) is 13.2 Å². The molecule has 0 unspecified atom stereocenters. The second kappa shape index (κ2) is 4.78. The predicted molar refractivity (Wildman–Crippen MR) is 38.4 cm³/mol. The van der Waals surface area contributed by atoms with E-state index in [1.54, 1.807) is 6.21 Å². The van der Waals surface area contributed by atoms with Crippen molar-refractivity contribution in [1.29, 1.82) is 0 Å². The first-order chi connectivity index (χ1) is 5.00. The molecule has 2 aliphatic heterocycles. The molecule has 0 aromatic carbocycles. The molecule has 56 valence electrons.